The molecule has 14 heavy (non-hydrogen) atoms. The van der Waals surface area contributed by atoms with Gasteiger partial charge in [-0.3, -0.25) is 11.3 Å². The van der Waals surface area contributed by atoms with E-state index in [2.05, 4.69) is 22.8 Å². The largest absolute Gasteiger partial charge is 0.271 e. The highest BCUT2D eigenvalue weighted by atomic mass is 32.1. The van der Waals surface area contributed by atoms with Crippen molar-refractivity contribution in [2.75, 3.05) is 0 Å². The van der Waals surface area contributed by atoms with Crippen LogP contribution in [0.1, 0.15) is 37.9 Å². The van der Waals surface area contributed by atoms with Crippen LogP contribution in [0.3, 0.4) is 0 Å². The van der Waals surface area contributed by atoms with Crippen LogP contribution in [0.5, 0.6) is 0 Å². The lowest BCUT2D eigenvalue weighted by molar-refractivity contribution is 0.359. The molecule has 0 bridgehead atoms. The van der Waals surface area contributed by atoms with Gasteiger partial charge >= 0.3 is 0 Å². The number of hydrazine groups is 1. The summed E-state index contributed by atoms with van der Waals surface area (Å²) in [6.07, 6.45) is 3.87. The van der Waals surface area contributed by atoms with Crippen LogP contribution < -0.4 is 11.3 Å². The van der Waals surface area contributed by atoms with E-state index in [9.17, 15) is 0 Å². The smallest absolute Gasteiger partial charge is 0.0727 e. The van der Waals surface area contributed by atoms with Crippen molar-refractivity contribution in [2.24, 2.45) is 17.7 Å². The van der Waals surface area contributed by atoms with E-state index in [0.717, 1.165) is 11.6 Å². The van der Waals surface area contributed by atoms with Crippen LogP contribution in [-0.4, -0.2) is 4.37 Å². The van der Waals surface area contributed by atoms with E-state index in [1.807, 2.05) is 5.38 Å². The molecule has 1 aliphatic rings. The summed E-state index contributed by atoms with van der Waals surface area (Å²) in [4.78, 5) is 0. The van der Waals surface area contributed by atoms with Crippen molar-refractivity contribution in [3.63, 3.8) is 0 Å². The Hall–Kier alpha value is -0.450. The second-order valence-corrected chi connectivity index (χ2v) is 4.91. The minimum absolute atomic E-state index is 0.256. The van der Waals surface area contributed by atoms with Gasteiger partial charge in [-0.25, -0.2) is 0 Å². The van der Waals surface area contributed by atoms with Crippen LogP contribution >= 0.6 is 11.5 Å². The van der Waals surface area contributed by atoms with E-state index in [-0.39, 0.29) is 6.04 Å². The summed E-state index contributed by atoms with van der Waals surface area (Å²) in [7, 11) is 0. The summed E-state index contributed by atoms with van der Waals surface area (Å²) in [6.45, 7) is 2.31. The minimum Gasteiger partial charge on any atom is -0.271 e. The van der Waals surface area contributed by atoms with Crippen LogP contribution in [-0.2, 0) is 0 Å². The first-order chi connectivity index (χ1) is 6.81. The number of nitrogens with one attached hydrogen (secondary N) is 1. The number of hydrogen-bond donors (Lipinski definition) is 2. The predicted octanol–water partition coefficient (Wildman–Crippen LogP) is 2.08. The molecule has 0 radical (unpaired) electrons. The zero-order chi connectivity index (χ0) is 9.97. The van der Waals surface area contributed by atoms with Crippen molar-refractivity contribution in [1.29, 1.82) is 0 Å². The Morgan fingerprint density at radius 2 is 2.50 bits per heavy atom. The van der Waals surface area contributed by atoms with Crippen LogP contribution in [0.25, 0.3) is 0 Å². The van der Waals surface area contributed by atoms with Crippen molar-refractivity contribution in [2.45, 2.75) is 32.2 Å². The minimum atomic E-state index is 0.256. The molecular formula is C10H17N3S. The van der Waals surface area contributed by atoms with Gasteiger partial charge in [-0.15, -0.1) is 0 Å². The Morgan fingerprint density at radius 1 is 1.64 bits per heavy atom. The summed E-state index contributed by atoms with van der Waals surface area (Å²) >= 11 is 1.50. The first-order valence-corrected chi connectivity index (χ1v) is 6.01. The van der Waals surface area contributed by atoms with E-state index >= 15 is 0 Å². The second-order valence-electron chi connectivity index (χ2n) is 4.25. The Bertz CT molecular complexity index is 273. The number of nitrogens with zero attached hydrogens (tertiary/aromatic N) is 1. The Kier molecular flexibility index (Phi) is 3.15. The molecule has 3 nitrogen and oxygen atoms in total. The fourth-order valence-electron chi connectivity index (χ4n) is 2.40. The lowest BCUT2D eigenvalue weighted by Gasteiger charge is -2.20. The van der Waals surface area contributed by atoms with Crippen molar-refractivity contribution in [3.05, 3.63) is 17.1 Å². The van der Waals surface area contributed by atoms with Crippen molar-refractivity contribution in [1.82, 2.24) is 9.80 Å². The molecular weight excluding hydrogens is 194 g/mol. The van der Waals surface area contributed by atoms with Gasteiger partial charge in [0.2, 0.25) is 0 Å². The van der Waals surface area contributed by atoms with Crippen molar-refractivity contribution >= 4 is 11.5 Å². The molecule has 3 unspecified atom stereocenters. The zero-order valence-electron chi connectivity index (χ0n) is 8.44. The van der Waals surface area contributed by atoms with Gasteiger partial charge in [0.1, 0.15) is 0 Å². The molecule has 0 spiro atoms. The molecule has 1 aromatic rings. The topological polar surface area (TPSA) is 50.9 Å². The molecule has 4 heteroatoms. The van der Waals surface area contributed by atoms with Gasteiger partial charge < -0.3 is 0 Å². The number of aromatic nitrogens is 1. The first-order valence-electron chi connectivity index (χ1n) is 5.17. The van der Waals surface area contributed by atoms with Crippen LogP contribution in [0.15, 0.2) is 11.4 Å². The Morgan fingerprint density at radius 3 is 3.00 bits per heavy atom. The van der Waals surface area contributed by atoms with Crippen molar-refractivity contribution in [3.8, 4) is 0 Å². The fraction of sp³-hybridized carbons (Fsp3) is 0.700. The summed E-state index contributed by atoms with van der Waals surface area (Å²) in [5, 5.41) is 2.01. The van der Waals surface area contributed by atoms with Gasteiger partial charge in [0, 0.05) is 5.38 Å². The van der Waals surface area contributed by atoms with Gasteiger partial charge in [-0.2, -0.15) is 4.37 Å². The Balaban J connectivity index is 2.07. The van der Waals surface area contributed by atoms with E-state index in [0.29, 0.717) is 5.92 Å². The monoisotopic (exact) mass is 211 g/mol. The average molecular weight is 211 g/mol. The summed E-state index contributed by atoms with van der Waals surface area (Å²) < 4.78 is 4.36. The van der Waals surface area contributed by atoms with Crippen molar-refractivity contribution < 1.29 is 0 Å². The third kappa shape index (κ3) is 1.97. The van der Waals surface area contributed by atoms with Gasteiger partial charge in [-0.1, -0.05) is 13.3 Å². The highest BCUT2D eigenvalue weighted by Gasteiger charge is 2.30. The van der Waals surface area contributed by atoms with Crippen LogP contribution in [0.2, 0.25) is 0 Å². The SMILES string of the molecule is CC1CCC(C(NN)c2ccsn2)C1. The molecule has 0 saturated heterocycles. The van der Waals surface area contributed by atoms with Gasteiger partial charge in [0.25, 0.3) is 0 Å². The fourth-order valence-corrected chi connectivity index (χ4v) is 2.96. The molecule has 1 aromatic heterocycles. The molecule has 3 N–H and O–H groups in total. The van der Waals surface area contributed by atoms with Crippen LogP contribution in [0, 0.1) is 11.8 Å². The second kappa shape index (κ2) is 4.38. The van der Waals surface area contributed by atoms with E-state index in [1.54, 1.807) is 0 Å². The highest BCUT2D eigenvalue weighted by Crippen LogP contribution is 2.38. The number of nitrogens with two attached hydrogens (primary N) is 1. The quantitative estimate of drug-likeness (QED) is 0.594. The molecule has 0 aromatic carbocycles. The first kappa shape index (κ1) is 10.1. The zero-order valence-corrected chi connectivity index (χ0v) is 9.26. The van der Waals surface area contributed by atoms with E-state index in [4.69, 9.17) is 5.84 Å². The van der Waals surface area contributed by atoms with Gasteiger partial charge in [0.15, 0.2) is 0 Å². The standard InChI is InChI=1S/C10H17N3S/c1-7-2-3-8(6-7)10(12-11)9-4-5-14-13-9/h4-5,7-8,10,12H,2-3,6,11H2,1H3. The molecule has 1 saturated carbocycles. The Labute approximate surface area is 88.8 Å². The molecule has 0 amide bonds. The molecule has 1 fully saturated rings. The maximum absolute atomic E-state index is 5.60. The van der Waals surface area contributed by atoms with Gasteiger partial charge in [-0.05, 0) is 42.3 Å². The lowest BCUT2D eigenvalue weighted by atomic mass is 9.95. The third-order valence-corrected chi connectivity index (χ3v) is 3.74. The average Bonchev–Trinajstić information content (AvgIpc) is 2.79. The summed E-state index contributed by atoms with van der Waals surface area (Å²) in [5.41, 5.74) is 4.02. The molecule has 78 valence electrons. The maximum atomic E-state index is 5.60. The molecule has 3 atom stereocenters. The van der Waals surface area contributed by atoms with E-state index < -0.39 is 0 Å². The van der Waals surface area contributed by atoms with E-state index in [1.165, 1.54) is 30.8 Å². The number of hydrogen-bond acceptors (Lipinski definition) is 4. The normalized spacial score (nSPS) is 29.3. The lowest BCUT2D eigenvalue weighted by Crippen LogP contribution is -2.33. The summed E-state index contributed by atoms with van der Waals surface area (Å²) in [6, 6.07) is 2.32. The van der Waals surface area contributed by atoms with Gasteiger partial charge in [0.05, 0.1) is 11.7 Å². The summed E-state index contributed by atoms with van der Waals surface area (Å²) in [5.74, 6) is 7.11. The maximum Gasteiger partial charge on any atom is 0.0727 e. The molecule has 1 heterocycles. The number of rotatable bonds is 3. The highest BCUT2D eigenvalue weighted by molar-refractivity contribution is 7.03. The molecule has 1 aliphatic carbocycles. The third-order valence-electron chi connectivity index (χ3n) is 3.16. The van der Waals surface area contributed by atoms with Crippen LogP contribution in [0.4, 0.5) is 0 Å². The molecule has 0 aliphatic heterocycles. The predicted molar refractivity (Wildman–Crippen MR) is 58.7 cm³/mol. The molecule has 2 rings (SSSR count).